The molecule has 6 aliphatic rings. The minimum atomic E-state index is -1.01. The lowest BCUT2D eigenvalue weighted by atomic mass is 9.76. The second-order valence-corrected chi connectivity index (χ2v) is 17.6. The van der Waals surface area contributed by atoms with Crippen molar-refractivity contribution in [2.45, 2.75) is 77.0 Å². The highest BCUT2D eigenvalue weighted by molar-refractivity contribution is 6.33. The van der Waals surface area contributed by atoms with Gasteiger partial charge in [0.25, 0.3) is 11.8 Å². The van der Waals surface area contributed by atoms with Crippen molar-refractivity contribution in [1.82, 2.24) is 20.0 Å². The molecule has 14 heteroatoms. The molecule has 0 saturated carbocycles. The summed E-state index contributed by atoms with van der Waals surface area (Å²) in [6.45, 7) is 14.6. The zero-order valence-corrected chi connectivity index (χ0v) is 33.8. The lowest BCUT2D eigenvalue weighted by Crippen LogP contribution is -2.54. The number of piperidine rings is 3. The van der Waals surface area contributed by atoms with Crippen LogP contribution in [0.2, 0.25) is 5.02 Å². The number of halogens is 1. The van der Waals surface area contributed by atoms with Crippen molar-refractivity contribution in [2.24, 2.45) is 11.3 Å². The molecule has 1 N–H and O–H groups in total. The van der Waals surface area contributed by atoms with Crippen LogP contribution in [0.3, 0.4) is 0 Å². The molecule has 3 aromatic carbocycles. The molecule has 59 heavy (non-hydrogen) atoms. The zero-order chi connectivity index (χ0) is 41.2. The molecule has 1 spiro atoms. The third-order valence-electron chi connectivity index (χ3n) is 13.6. The van der Waals surface area contributed by atoms with Crippen LogP contribution in [-0.4, -0.2) is 101 Å². The minimum absolute atomic E-state index is 0.0143. The first kappa shape index (κ1) is 38.9. The number of hydrogen-bond acceptors (Lipinski definition) is 9. The Hall–Kier alpha value is -5.58. The van der Waals surface area contributed by atoms with E-state index in [1.165, 1.54) is 0 Å². The molecular formula is C45H46ClN7O6. The number of amides is 5. The molecule has 2 atom stereocenters. The molecule has 6 heterocycles. The van der Waals surface area contributed by atoms with E-state index < -0.39 is 29.7 Å². The SMILES string of the molecule is [C-]#[N+]c1ccc(N2CC3(CCN(c4ccc(C(=O)C5CCN(C(=O)CN6Cc7cc8c(cc7C6)C(=O)N(C6CCC(=O)NC6=O)C8=O)CC5)cc4)CC3)C[C@@H]2C)cc1Cl. The lowest BCUT2D eigenvalue weighted by molar-refractivity contribution is -0.136. The summed E-state index contributed by atoms with van der Waals surface area (Å²) < 4.78 is 0. The number of ketones is 1. The van der Waals surface area contributed by atoms with E-state index in [-0.39, 0.29) is 53.5 Å². The van der Waals surface area contributed by atoms with E-state index in [1.807, 2.05) is 40.1 Å². The molecule has 5 amide bonds. The standard InChI is InChI=1S/C45H46ClN7O6/c1-27-22-45(26-52(27)33-7-8-37(47-2)36(46)21-33)13-17-50(18-14-45)32-5-3-28(4-6-32)41(56)29-11-15-51(16-12-29)40(55)25-49-23-30-19-34-35(20-31(30)24-49)44(59)53(43(34)58)38-9-10-39(54)48-42(38)57/h3-8,19-21,27,29,38H,9-18,22-26H2,1H3,(H,48,54,57)/t27-,38?/m0/s1. The molecule has 0 aliphatic carbocycles. The molecule has 0 aromatic heterocycles. The Labute approximate surface area is 348 Å². The minimum Gasteiger partial charge on any atom is -0.371 e. The van der Waals surface area contributed by atoms with Gasteiger partial charge in [-0.2, -0.15) is 0 Å². The van der Waals surface area contributed by atoms with Crippen LogP contribution >= 0.6 is 11.6 Å². The largest absolute Gasteiger partial charge is 0.371 e. The topological polar surface area (TPSA) is 135 Å². The van der Waals surface area contributed by atoms with Crippen molar-refractivity contribution in [1.29, 1.82) is 0 Å². The molecule has 6 aliphatic heterocycles. The number of benzene rings is 3. The number of Topliss-reactive ketones (excluding diaryl/α,β-unsaturated/α-hetero) is 1. The molecule has 4 saturated heterocycles. The van der Waals surface area contributed by atoms with Gasteiger partial charge < -0.3 is 14.7 Å². The summed E-state index contributed by atoms with van der Waals surface area (Å²) in [6.07, 6.45) is 4.67. The fourth-order valence-corrected chi connectivity index (χ4v) is 10.6. The number of anilines is 2. The summed E-state index contributed by atoms with van der Waals surface area (Å²) >= 11 is 6.38. The Balaban J connectivity index is 0.739. The van der Waals surface area contributed by atoms with Crippen molar-refractivity contribution in [3.8, 4) is 0 Å². The van der Waals surface area contributed by atoms with E-state index in [0.717, 1.165) is 66.3 Å². The normalized spacial score (nSPS) is 23.1. The number of nitrogens with one attached hydrogen (secondary N) is 1. The highest BCUT2D eigenvalue weighted by Gasteiger charge is 2.46. The van der Waals surface area contributed by atoms with E-state index in [9.17, 15) is 28.8 Å². The second-order valence-electron chi connectivity index (χ2n) is 17.2. The monoisotopic (exact) mass is 815 g/mol. The number of imide groups is 2. The van der Waals surface area contributed by atoms with Crippen LogP contribution in [0.1, 0.15) is 94.1 Å². The molecule has 1 unspecified atom stereocenters. The molecule has 0 radical (unpaired) electrons. The number of fused-ring (bicyclic) bond motifs is 2. The fraction of sp³-hybridized carbons (Fsp3) is 0.444. The van der Waals surface area contributed by atoms with Gasteiger partial charge in [-0.3, -0.25) is 43.9 Å². The summed E-state index contributed by atoms with van der Waals surface area (Å²) in [5, 5.41) is 2.72. The van der Waals surface area contributed by atoms with Gasteiger partial charge in [-0.1, -0.05) is 17.7 Å². The Morgan fingerprint density at radius 3 is 2.12 bits per heavy atom. The summed E-state index contributed by atoms with van der Waals surface area (Å²) in [6, 6.07) is 16.6. The van der Waals surface area contributed by atoms with Gasteiger partial charge in [-0.15, -0.1) is 0 Å². The van der Waals surface area contributed by atoms with E-state index in [2.05, 4.69) is 39.0 Å². The van der Waals surface area contributed by atoms with E-state index >= 15 is 0 Å². The molecule has 304 valence electrons. The van der Waals surface area contributed by atoms with Gasteiger partial charge in [0.1, 0.15) is 6.04 Å². The summed E-state index contributed by atoms with van der Waals surface area (Å²) in [4.78, 5) is 90.8. The van der Waals surface area contributed by atoms with E-state index in [1.54, 1.807) is 12.1 Å². The molecule has 3 aromatic rings. The van der Waals surface area contributed by atoms with Gasteiger partial charge in [0.2, 0.25) is 23.4 Å². The summed E-state index contributed by atoms with van der Waals surface area (Å²) in [7, 11) is 0. The molecular weight excluding hydrogens is 770 g/mol. The third-order valence-corrected chi connectivity index (χ3v) is 13.9. The Morgan fingerprint density at radius 2 is 1.51 bits per heavy atom. The Morgan fingerprint density at radius 1 is 0.864 bits per heavy atom. The van der Waals surface area contributed by atoms with Crippen molar-refractivity contribution in [3.63, 3.8) is 0 Å². The summed E-state index contributed by atoms with van der Waals surface area (Å²) in [5.74, 6) is -2.18. The number of nitrogens with zero attached hydrogens (tertiary/aromatic N) is 6. The maximum atomic E-state index is 13.6. The zero-order valence-electron chi connectivity index (χ0n) is 33.0. The van der Waals surface area contributed by atoms with Gasteiger partial charge in [0.05, 0.1) is 24.2 Å². The Bertz CT molecular complexity index is 2280. The smallest absolute Gasteiger partial charge is 0.262 e. The predicted molar refractivity (Wildman–Crippen MR) is 220 cm³/mol. The maximum Gasteiger partial charge on any atom is 0.262 e. The number of rotatable bonds is 7. The van der Waals surface area contributed by atoms with E-state index in [0.29, 0.717) is 61.3 Å². The van der Waals surface area contributed by atoms with Crippen LogP contribution in [0.5, 0.6) is 0 Å². The van der Waals surface area contributed by atoms with Crippen molar-refractivity contribution in [3.05, 3.63) is 98.9 Å². The van der Waals surface area contributed by atoms with Crippen LogP contribution in [0.15, 0.2) is 54.6 Å². The highest BCUT2D eigenvalue weighted by atomic mass is 35.5. The quantitative estimate of drug-likeness (QED) is 0.184. The average molecular weight is 816 g/mol. The summed E-state index contributed by atoms with van der Waals surface area (Å²) in [5.41, 5.74) is 5.84. The van der Waals surface area contributed by atoms with Gasteiger partial charge in [-0.25, -0.2) is 4.85 Å². The third kappa shape index (κ3) is 7.16. The molecule has 4 fully saturated rings. The fourth-order valence-electron chi connectivity index (χ4n) is 10.3. The van der Waals surface area contributed by atoms with Gasteiger partial charge in [-0.05, 0) is 111 Å². The molecule has 13 nitrogen and oxygen atoms in total. The van der Waals surface area contributed by atoms with Crippen molar-refractivity contribution in [2.75, 3.05) is 49.1 Å². The van der Waals surface area contributed by atoms with Crippen LogP contribution in [0.25, 0.3) is 4.85 Å². The van der Waals surface area contributed by atoms with Crippen LogP contribution in [0, 0.1) is 17.9 Å². The number of carbonyl (C=O) groups excluding carboxylic acids is 6. The Kier molecular flexibility index (Phi) is 10.0. The molecule has 9 rings (SSSR count). The molecule has 0 bridgehead atoms. The van der Waals surface area contributed by atoms with Gasteiger partial charge >= 0.3 is 0 Å². The highest BCUT2D eigenvalue weighted by Crippen LogP contribution is 2.46. The van der Waals surface area contributed by atoms with Gasteiger partial charge in [0.15, 0.2) is 5.78 Å². The predicted octanol–water partition coefficient (Wildman–Crippen LogP) is 5.61. The van der Waals surface area contributed by atoms with Crippen LogP contribution < -0.4 is 15.1 Å². The van der Waals surface area contributed by atoms with E-state index in [4.69, 9.17) is 18.2 Å². The lowest BCUT2D eigenvalue weighted by Gasteiger charge is -2.40. The first-order chi connectivity index (χ1) is 28.4. The van der Waals surface area contributed by atoms with Crippen molar-refractivity contribution < 1.29 is 28.8 Å². The first-order valence-electron chi connectivity index (χ1n) is 20.6. The first-order valence-corrected chi connectivity index (χ1v) is 21.0. The number of carbonyl (C=O) groups is 6. The van der Waals surface area contributed by atoms with Crippen LogP contribution in [0.4, 0.5) is 17.1 Å². The second kappa shape index (κ2) is 15.2. The number of likely N-dealkylation sites (tertiary alicyclic amines) is 1. The average Bonchev–Trinajstić information content (AvgIpc) is 3.86. The maximum absolute atomic E-state index is 13.6. The number of hydrogen-bond donors (Lipinski definition) is 1. The van der Waals surface area contributed by atoms with Crippen LogP contribution in [-0.2, 0) is 27.5 Å². The van der Waals surface area contributed by atoms with Gasteiger partial charge in [0, 0.05) is 86.2 Å². The van der Waals surface area contributed by atoms with Crippen molar-refractivity contribution >= 4 is 64.0 Å².